The van der Waals surface area contributed by atoms with Crippen LogP contribution in [0.3, 0.4) is 0 Å². The number of nitrogens with zero attached hydrogens (tertiary/aromatic N) is 2. The van der Waals surface area contributed by atoms with Gasteiger partial charge in [-0.25, -0.2) is 8.42 Å². The van der Waals surface area contributed by atoms with Crippen LogP contribution in [0.2, 0.25) is 0 Å². The second kappa shape index (κ2) is 9.50. The number of rotatable bonds is 5. The van der Waals surface area contributed by atoms with Gasteiger partial charge in [0.1, 0.15) is 0 Å². The highest BCUT2D eigenvalue weighted by atomic mass is 32.2. The first-order valence-corrected chi connectivity index (χ1v) is 12.9. The highest BCUT2D eigenvalue weighted by Crippen LogP contribution is 2.25. The molecule has 178 valence electrons. The Labute approximate surface area is 202 Å². The minimum Gasteiger partial charge on any atom is -0.368 e. The maximum absolute atomic E-state index is 13.2. The molecule has 34 heavy (non-hydrogen) atoms. The summed E-state index contributed by atoms with van der Waals surface area (Å²) in [6.45, 7) is 10.6. The second-order valence-corrected chi connectivity index (χ2v) is 10.6. The van der Waals surface area contributed by atoms with Crippen molar-refractivity contribution in [2.24, 2.45) is 0 Å². The molecule has 3 aromatic carbocycles. The fraction of sp³-hybridized carbons (Fsp3) is 0.296. The van der Waals surface area contributed by atoms with Crippen molar-refractivity contribution in [3.63, 3.8) is 0 Å². The smallest absolute Gasteiger partial charge is 0.262 e. The summed E-state index contributed by atoms with van der Waals surface area (Å²) < 4.78 is 28.8. The molecule has 1 aliphatic rings. The van der Waals surface area contributed by atoms with E-state index in [2.05, 4.69) is 41.7 Å². The standard InChI is InChI=1S/C27H31N3O3S/c1-19-8-12-24(13-9-19)28-34(32,33)26-18-23(11-10-21(26)3)27(31)30-16-14-29(15-17-30)25-7-5-6-20(2)22(25)4/h5-13,18,28H,14-17H2,1-4H3. The molecule has 0 radical (unpaired) electrons. The highest BCUT2D eigenvalue weighted by Gasteiger charge is 2.25. The van der Waals surface area contributed by atoms with Gasteiger partial charge in [0, 0.05) is 43.1 Å². The number of hydrogen-bond acceptors (Lipinski definition) is 4. The van der Waals surface area contributed by atoms with Crippen molar-refractivity contribution in [3.05, 3.63) is 88.5 Å². The summed E-state index contributed by atoms with van der Waals surface area (Å²) in [6, 6.07) is 18.3. The van der Waals surface area contributed by atoms with Gasteiger partial charge in [0.25, 0.3) is 15.9 Å². The topological polar surface area (TPSA) is 69.7 Å². The molecule has 1 aliphatic heterocycles. The predicted octanol–water partition coefficient (Wildman–Crippen LogP) is 4.68. The molecule has 0 aromatic heterocycles. The van der Waals surface area contributed by atoms with Gasteiger partial charge < -0.3 is 9.80 Å². The van der Waals surface area contributed by atoms with Gasteiger partial charge in [-0.2, -0.15) is 0 Å². The van der Waals surface area contributed by atoms with E-state index in [1.165, 1.54) is 22.9 Å². The van der Waals surface area contributed by atoms with Gasteiger partial charge in [-0.3, -0.25) is 9.52 Å². The fourth-order valence-electron chi connectivity index (χ4n) is 4.27. The van der Waals surface area contributed by atoms with E-state index in [0.717, 1.165) is 18.7 Å². The van der Waals surface area contributed by atoms with Gasteiger partial charge >= 0.3 is 0 Å². The summed E-state index contributed by atoms with van der Waals surface area (Å²) in [4.78, 5) is 17.5. The molecule has 1 heterocycles. The second-order valence-electron chi connectivity index (χ2n) is 8.95. The number of nitrogens with one attached hydrogen (secondary N) is 1. The van der Waals surface area contributed by atoms with Gasteiger partial charge in [-0.1, -0.05) is 35.9 Å². The number of amides is 1. The van der Waals surface area contributed by atoms with Crippen LogP contribution in [-0.4, -0.2) is 45.4 Å². The Kier molecular flexibility index (Phi) is 6.66. The molecular weight excluding hydrogens is 446 g/mol. The third-order valence-electron chi connectivity index (χ3n) is 6.51. The molecule has 6 nitrogen and oxygen atoms in total. The summed E-state index contributed by atoms with van der Waals surface area (Å²) in [5.74, 6) is -0.146. The molecule has 1 amide bonds. The van der Waals surface area contributed by atoms with Gasteiger partial charge in [0.05, 0.1) is 4.90 Å². The van der Waals surface area contributed by atoms with E-state index in [4.69, 9.17) is 0 Å². The molecule has 1 N–H and O–H groups in total. The van der Waals surface area contributed by atoms with Crippen LogP contribution in [0.25, 0.3) is 0 Å². The minimum absolute atomic E-state index is 0.118. The maximum atomic E-state index is 13.2. The van der Waals surface area contributed by atoms with Crippen molar-refractivity contribution >= 4 is 27.3 Å². The first-order valence-electron chi connectivity index (χ1n) is 11.5. The molecule has 0 saturated carbocycles. The Morgan fingerprint density at radius 2 is 1.50 bits per heavy atom. The predicted molar refractivity (Wildman–Crippen MR) is 137 cm³/mol. The Hall–Kier alpha value is -3.32. The third kappa shape index (κ3) is 4.94. The lowest BCUT2D eigenvalue weighted by Gasteiger charge is -2.37. The minimum atomic E-state index is -3.83. The molecule has 0 unspecified atom stereocenters. The number of carbonyl (C=O) groups excluding carboxylic acids is 1. The Bertz CT molecular complexity index is 1310. The van der Waals surface area contributed by atoms with Crippen LogP contribution >= 0.6 is 0 Å². The van der Waals surface area contributed by atoms with Crippen LogP contribution in [0.1, 0.15) is 32.6 Å². The SMILES string of the molecule is Cc1ccc(NS(=O)(=O)c2cc(C(=O)N3CCN(c4cccc(C)c4C)CC3)ccc2C)cc1. The van der Waals surface area contributed by atoms with Gasteiger partial charge in [-0.05, 0) is 74.7 Å². The summed E-state index contributed by atoms with van der Waals surface area (Å²) in [5.41, 5.74) is 6.23. The summed E-state index contributed by atoms with van der Waals surface area (Å²) in [6.07, 6.45) is 0. The van der Waals surface area contributed by atoms with Crippen LogP contribution in [0.15, 0.2) is 65.6 Å². The summed E-state index contributed by atoms with van der Waals surface area (Å²) >= 11 is 0. The lowest BCUT2D eigenvalue weighted by atomic mass is 10.1. The quantitative estimate of drug-likeness (QED) is 0.579. The lowest BCUT2D eigenvalue weighted by molar-refractivity contribution is 0.0746. The zero-order valence-corrected chi connectivity index (χ0v) is 20.9. The van der Waals surface area contributed by atoms with Crippen LogP contribution in [0.4, 0.5) is 11.4 Å². The molecule has 1 saturated heterocycles. The monoisotopic (exact) mass is 477 g/mol. The number of anilines is 2. The molecular formula is C27H31N3O3S. The zero-order chi connectivity index (χ0) is 24.5. The highest BCUT2D eigenvalue weighted by molar-refractivity contribution is 7.92. The maximum Gasteiger partial charge on any atom is 0.262 e. The first-order chi connectivity index (χ1) is 16.2. The number of carbonyl (C=O) groups is 1. The molecule has 0 atom stereocenters. The van der Waals surface area contributed by atoms with Crippen LogP contribution in [0, 0.1) is 27.7 Å². The lowest BCUT2D eigenvalue weighted by Crippen LogP contribution is -2.49. The third-order valence-corrected chi connectivity index (χ3v) is 8.04. The first kappa shape index (κ1) is 23.8. The summed E-state index contributed by atoms with van der Waals surface area (Å²) in [7, 11) is -3.83. The van der Waals surface area contributed by atoms with E-state index >= 15 is 0 Å². The van der Waals surface area contributed by atoms with Gasteiger partial charge in [0.2, 0.25) is 0 Å². The van der Waals surface area contributed by atoms with Crippen LogP contribution in [-0.2, 0) is 10.0 Å². The zero-order valence-electron chi connectivity index (χ0n) is 20.1. The Morgan fingerprint density at radius 1 is 0.824 bits per heavy atom. The summed E-state index contributed by atoms with van der Waals surface area (Å²) in [5, 5.41) is 0. The average molecular weight is 478 g/mol. The normalized spacial score (nSPS) is 14.2. The van der Waals surface area contributed by atoms with E-state index in [1.807, 2.05) is 19.1 Å². The molecule has 7 heteroatoms. The molecule has 0 aliphatic carbocycles. The number of piperazine rings is 1. The van der Waals surface area contributed by atoms with Crippen molar-refractivity contribution in [1.29, 1.82) is 0 Å². The van der Waals surface area contributed by atoms with Crippen LogP contribution in [0.5, 0.6) is 0 Å². The fourth-order valence-corrected chi connectivity index (χ4v) is 5.60. The Morgan fingerprint density at radius 3 is 2.18 bits per heavy atom. The van der Waals surface area contributed by atoms with Gasteiger partial charge in [0.15, 0.2) is 0 Å². The molecule has 3 aromatic rings. The molecule has 0 spiro atoms. The number of hydrogen-bond donors (Lipinski definition) is 1. The van der Waals surface area contributed by atoms with Crippen molar-refractivity contribution in [3.8, 4) is 0 Å². The van der Waals surface area contributed by atoms with Gasteiger partial charge in [-0.15, -0.1) is 0 Å². The molecule has 4 rings (SSSR count). The number of benzene rings is 3. The van der Waals surface area contributed by atoms with E-state index in [-0.39, 0.29) is 10.8 Å². The van der Waals surface area contributed by atoms with Crippen molar-refractivity contribution in [2.45, 2.75) is 32.6 Å². The number of aryl methyl sites for hydroxylation is 3. The van der Waals surface area contributed by atoms with E-state index in [0.29, 0.717) is 29.9 Å². The van der Waals surface area contributed by atoms with Crippen LogP contribution < -0.4 is 9.62 Å². The largest absolute Gasteiger partial charge is 0.368 e. The van der Waals surface area contributed by atoms with Crippen molar-refractivity contribution in [2.75, 3.05) is 35.8 Å². The van der Waals surface area contributed by atoms with E-state index in [9.17, 15) is 13.2 Å². The average Bonchev–Trinajstić information content (AvgIpc) is 2.82. The number of sulfonamides is 1. The van der Waals surface area contributed by atoms with Crippen molar-refractivity contribution in [1.82, 2.24) is 4.90 Å². The Balaban J connectivity index is 1.50. The van der Waals surface area contributed by atoms with Crippen molar-refractivity contribution < 1.29 is 13.2 Å². The van der Waals surface area contributed by atoms with E-state index in [1.54, 1.807) is 36.1 Å². The van der Waals surface area contributed by atoms with E-state index < -0.39 is 10.0 Å². The molecule has 1 fully saturated rings. The molecule has 0 bridgehead atoms.